The highest BCUT2D eigenvalue weighted by Gasteiger charge is 2.16. The third-order valence-electron chi connectivity index (χ3n) is 3.30. The second-order valence-corrected chi connectivity index (χ2v) is 4.89. The van der Waals surface area contributed by atoms with E-state index in [1.807, 2.05) is 0 Å². The number of aliphatic hydroxyl groups is 1. The van der Waals surface area contributed by atoms with Crippen molar-refractivity contribution in [3.8, 4) is 0 Å². The van der Waals surface area contributed by atoms with E-state index < -0.39 is 0 Å². The number of rotatable bonds is 8. The van der Waals surface area contributed by atoms with Gasteiger partial charge in [0.25, 0.3) is 0 Å². The molecule has 5 nitrogen and oxygen atoms in total. The van der Waals surface area contributed by atoms with Gasteiger partial charge >= 0.3 is 6.03 Å². The number of hydrogen-bond acceptors (Lipinski definition) is 3. The third-order valence-corrected chi connectivity index (χ3v) is 3.30. The van der Waals surface area contributed by atoms with Gasteiger partial charge in [-0.3, -0.25) is 0 Å². The summed E-state index contributed by atoms with van der Waals surface area (Å²) in [6, 6.07) is -0.135. The zero-order valence-electron chi connectivity index (χ0n) is 11.3. The Labute approximate surface area is 109 Å². The van der Waals surface area contributed by atoms with E-state index in [0.29, 0.717) is 19.0 Å². The largest absolute Gasteiger partial charge is 0.396 e. The summed E-state index contributed by atoms with van der Waals surface area (Å²) in [5.41, 5.74) is 0. The highest BCUT2D eigenvalue weighted by molar-refractivity contribution is 5.73. The molecular weight excluding hydrogens is 232 g/mol. The van der Waals surface area contributed by atoms with Crippen LogP contribution in [-0.4, -0.2) is 43.5 Å². The van der Waals surface area contributed by atoms with Gasteiger partial charge in [-0.1, -0.05) is 13.3 Å². The van der Waals surface area contributed by atoms with Crippen molar-refractivity contribution in [2.24, 2.45) is 5.92 Å². The topological polar surface area (TPSA) is 70.6 Å². The van der Waals surface area contributed by atoms with E-state index in [2.05, 4.69) is 17.6 Å². The van der Waals surface area contributed by atoms with Crippen LogP contribution in [0.25, 0.3) is 0 Å². The smallest absolute Gasteiger partial charge is 0.314 e. The predicted octanol–water partition coefficient (Wildman–Crippen LogP) is 1.26. The van der Waals surface area contributed by atoms with Gasteiger partial charge in [0, 0.05) is 26.3 Å². The molecule has 18 heavy (non-hydrogen) atoms. The van der Waals surface area contributed by atoms with E-state index in [9.17, 15) is 4.79 Å². The maximum atomic E-state index is 11.6. The lowest BCUT2D eigenvalue weighted by Crippen LogP contribution is -2.41. The molecule has 106 valence electrons. The monoisotopic (exact) mass is 258 g/mol. The minimum Gasteiger partial charge on any atom is -0.396 e. The first-order valence-corrected chi connectivity index (χ1v) is 7.00. The fourth-order valence-electron chi connectivity index (χ4n) is 2.25. The summed E-state index contributed by atoms with van der Waals surface area (Å²) < 4.78 is 5.43. The van der Waals surface area contributed by atoms with Crippen molar-refractivity contribution in [2.75, 3.05) is 26.3 Å². The first-order valence-electron chi connectivity index (χ1n) is 7.00. The van der Waals surface area contributed by atoms with Crippen LogP contribution in [0.2, 0.25) is 0 Å². The van der Waals surface area contributed by atoms with Gasteiger partial charge in [-0.25, -0.2) is 4.79 Å². The summed E-state index contributed by atoms with van der Waals surface area (Å²) in [4.78, 5) is 11.6. The fourth-order valence-corrected chi connectivity index (χ4v) is 2.25. The molecular formula is C13H26N2O3. The zero-order chi connectivity index (χ0) is 13.2. The Balaban J connectivity index is 2.10. The molecule has 2 unspecified atom stereocenters. The van der Waals surface area contributed by atoms with E-state index in [0.717, 1.165) is 38.7 Å². The SMILES string of the molecule is CCCC(CCO)CNC(=O)NCC1CCCO1. The van der Waals surface area contributed by atoms with E-state index in [1.54, 1.807) is 0 Å². The number of nitrogens with one attached hydrogen (secondary N) is 2. The van der Waals surface area contributed by atoms with Gasteiger partial charge in [-0.05, 0) is 31.6 Å². The molecule has 5 heteroatoms. The molecule has 1 aliphatic heterocycles. The van der Waals surface area contributed by atoms with Crippen LogP contribution >= 0.6 is 0 Å². The normalized spacial score (nSPS) is 20.7. The Morgan fingerprint density at radius 1 is 1.44 bits per heavy atom. The zero-order valence-corrected chi connectivity index (χ0v) is 11.3. The molecule has 0 bridgehead atoms. The molecule has 0 aromatic rings. The van der Waals surface area contributed by atoms with Crippen LogP contribution in [0, 0.1) is 5.92 Å². The van der Waals surface area contributed by atoms with Crippen molar-refractivity contribution in [3.05, 3.63) is 0 Å². The molecule has 1 heterocycles. The molecule has 0 aliphatic carbocycles. The van der Waals surface area contributed by atoms with Gasteiger partial charge in [0.1, 0.15) is 0 Å². The first-order chi connectivity index (χ1) is 8.76. The molecule has 2 atom stereocenters. The van der Waals surface area contributed by atoms with Gasteiger partial charge in [-0.2, -0.15) is 0 Å². The molecule has 0 radical (unpaired) electrons. The minimum absolute atomic E-state index is 0.135. The van der Waals surface area contributed by atoms with Crippen molar-refractivity contribution < 1.29 is 14.6 Å². The fraction of sp³-hybridized carbons (Fsp3) is 0.923. The lowest BCUT2D eigenvalue weighted by molar-refractivity contribution is 0.111. The van der Waals surface area contributed by atoms with Gasteiger partial charge in [0.15, 0.2) is 0 Å². The summed E-state index contributed by atoms with van der Waals surface area (Å²) in [5.74, 6) is 0.369. The Morgan fingerprint density at radius 2 is 2.28 bits per heavy atom. The molecule has 0 spiro atoms. The summed E-state index contributed by atoms with van der Waals surface area (Å²) in [6.07, 6.45) is 5.16. The molecule has 1 fully saturated rings. The molecule has 2 amide bonds. The lowest BCUT2D eigenvalue weighted by Gasteiger charge is -2.17. The lowest BCUT2D eigenvalue weighted by atomic mass is 10.0. The van der Waals surface area contributed by atoms with E-state index in [-0.39, 0.29) is 18.7 Å². The summed E-state index contributed by atoms with van der Waals surface area (Å²) in [6.45, 7) is 4.32. The highest BCUT2D eigenvalue weighted by Crippen LogP contribution is 2.11. The number of hydrogen-bond donors (Lipinski definition) is 3. The summed E-state index contributed by atoms with van der Waals surface area (Å²) in [7, 11) is 0. The van der Waals surface area contributed by atoms with Crippen molar-refractivity contribution in [1.29, 1.82) is 0 Å². The number of amides is 2. The van der Waals surface area contributed by atoms with Gasteiger partial charge in [-0.15, -0.1) is 0 Å². The molecule has 1 rings (SSSR count). The Morgan fingerprint density at radius 3 is 2.89 bits per heavy atom. The van der Waals surface area contributed by atoms with Gasteiger partial charge < -0.3 is 20.5 Å². The van der Waals surface area contributed by atoms with Crippen LogP contribution < -0.4 is 10.6 Å². The number of aliphatic hydroxyl groups excluding tert-OH is 1. The minimum atomic E-state index is -0.135. The third kappa shape index (κ3) is 6.21. The number of carbonyl (C=O) groups is 1. The molecule has 0 saturated carbocycles. The van der Waals surface area contributed by atoms with Gasteiger partial charge in [0.2, 0.25) is 0 Å². The van der Waals surface area contributed by atoms with Crippen LogP contribution in [0.3, 0.4) is 0 Å². The van der Waals surface area contributed by atoms with Crippen LogP contribution in [0.5, 0.6) is 0 Å². The second-order valence-electron chi connectivity index (χ2n) is 4.89. The van der Waals surface area contributed by atoms with E-state index in [4.69, 9.17) is 9.84 Å². The average molecular weight is 258 g/mol. The molecule has 1 aliphatic rings. The number of carbonyl (C=O) groups excluding carboxylic acids is 1. The summed E-state index contributed by atoms with van der Waals surface area (Å²) in [5, 5.41) is 14.6. The number of ether oxygens (including phenoxy) is 1. The maximum absolute atomic E-state index is 11.6. The Kier molecular flexibility index (Phi) is 7.76. The highest BCUT2D eigenvalue weighted by atomic mass is 16.5. The maximum Gasteiger partial charge on any atom is 0.314 e. The molecule has 0 aromatic heterocycles. The Hall–Kier alpha value is -0.810. The predicted molar refractivity (Wildman–Crippen MR) is 70.5 cm³/mol. The Bertz CT molecular complexity index is 224. The van der Waals surface area contributed by atoms with Crippen LogP contribution in [0.4, 0.5) is 4.79 Å². The van der Waals surface area contributed by atoms with Crippen molar-refractivity contribution >= 4 is 6.03 Å². The molecule has 1 saturated heterocycles. The van der Waals surface area contributed by atoms with Crippen molar-refractivity contribution in [3.63, 3.8) is 0 Å². The quantitative estimate of drug-likeness (QED) is 0.614. The van der Waals surface area contributed by atoms with Crippen LogP contribution in [0.15, 0.2) is 0 Å². The van der Waals surface area contributed by atoms with Crippen LogP contribution in [-0.2, 0) is 4.74 Å². The first kappa shape index (κ1) is 15.2. The molecule has 0 aromatic carbocycles. The van der Waals surface area contributed by atoms with Crippen LogP contribution in [0.1, 0.15) is 39.0 Å². The van der Waals surface area contributed by atoms with Crippen molar-refractivity contribution in [2.45, 2.75) is 45.1 Å². The standard InChI is InChI=1S/C13H26N2O3/c1-2-4-11(6-7-16)9-14-13(17)15-10-12-5-3-8-18-12/h11-12,16H,2-10H2,1H3,(H2,14,15,17). The second kappa shape index (κ2) is 9.16. The van der Waals surface area contributed by atoms with Gasteiger partial charge in [0.05, 0.1) is 6.10 Å². The van der Waals surface area contributed by atoms with E-state index in [1.165, 1.54) is 0 Å². The summed E-state index contributed by atoms with van der Waals surface area (Å²) >= 11 is 0. The average Bonchev–Trinajstić information content (AvgIpc) is 2.87. The van der Waals surface area contributed by atoms with Crippen molar-refractivity contribution in [1.82, 2.24) is 10.6 Å². The number of urea groups is 1. The van der Waals surface area contributed by atoms with E-state index >= 15 is 0 Å². The molecule has 3 N–H and O–H groups in total.